The van der Waals surface area contributed by atoms with Gasteiger partial charge in [-0.05, 0) is 35.0 Å². The van der Waals surface area contributed by atoms with Gasteiger partial charge in [-0.25, -0.2) is 4.98 Å². The maximum atomic E-state index is 11.8. The average Bonchev–Trinajstić information content (AvgIpc) is 2.36. The molecule has 0 unspecified atom stereocenters. The van der Waals surface area contributed by atoms with Crippen molar-refractivity contribution in [2.75, 3.05) is 5.32 Å². The molecule has 1 aromatic heterocycles. The molecule has 1 aromatic carbocycles. The van der Waals surface area contributed by atoms with Crippen LogP contribution in [0.5, 0.6) is 0 Å². The number of nitrogens with one attached hydrogen (secondary N) is 1. The van der Waals surface area contributed by atoms with E-state index in [4.69, 9.17) is 0 Å². The Kier molecular flexibility index (Phi) is 3.58. The van der Waals surface area contributed by atoms with E-state index < -0.39 is 0 Å². The van der Waals surface area contributed by atoms with Crippen LogP contribution >= 0.6 is 15.9 Å². The summed E-state index contributed by atoms with van der Waals surface area (Å²) >= 11 is 3.18. The van der Waals surface area contributed by atoms with Gasteiger partial charge in [-0.3, -0.25) is 9.36 Å². The summed E-state index contributed by atoms with van der Waals surface area (Å²) in [5, 5.41) is 3.12. The molecule has 5 heteroatoms. The number of para-hydroxylation sites is 1. The van der Waals surface area contributed by atoms with Crippen molar-refractivity contribution in [3.8, 4) is 0 Å². The molecule has 88 valence electrons. The largest absolute Gasteiger partial charge is 0.326 e. The highest BCUT2D eigenvalue weighted by Crippen LogP contribution is 2.13. The zero-order valence-corrected chi connectivity index (χ0v) is 10.9. The first-order valence-corrected chi connectivity index (χ1v) is 6.09. The van der Waals surface area contributed by atoms with Gasteiger partial charge in [0.15, 0.2) is 0 Å². The van der Waals surface area contributed by atoms with E-state index in [-0.39, 0.29) is 5.56 Å². The molecule has 0 bridgehead atoms. The third kappa shape index (κ3) is 2.55. The molecule has 2 rings (SSSR count). The molecule has 0 aliphatic rings. The summed E-state index contributed by atoms with van der Waals surface area (Å²) < 4.78 is 2.05. The summed E-state index contributed by atoms with van der Waals surface area (Å²) in [7, 11) is 0. The number of rotatable bonds is 3. The highest BCUT2D eigenvalue weighted by atomic mass is 79.9. The summed E-state index contributed by atoms with van der Waals surface area (Å²) in [4.78, 5) is 16.1. The first-order valence-electron chi connectivity index (χ1n) is 5.29. The van der Waals surface area contributed by atoms with Crippen LogP contribution in [0.15, 0.2) is 45.8 Å². The molecule has 0 saturated heterocycles. The molecule has 2 aromatic rings. The van der Waals surface area contributed by atoms with Crippen LogP contribution in [0.25, 0.3) is 0 Å². The molecule has 0 saturated carbocycles. The number of hydrogen-bond acceptors (Lipinski definition) is 3. The van der Waals surface area contributed by atoms with Crippen LogP contribution in [-0.2, 0) is 6.54 Å². The van der Waals surface area contributed by atoms with Crippen molar-refractivity contribution in [3.63, 3.8) is 0 Å². The third-order valence-electron chi connectivity index (χ3n) is 2.35. The van der Waals surface area contributed by atoms with Gasteiger partial charge < -0.3 is 5.32 Å². The van der Waals surface area contributed by atoms with E-state index in [1.165, 1.54) is 6.20 Å². The van der Waals surface area contributed by atoms with Gasteiger partial charge in [-0.1, -0.05) is 18.2 Å². The van der Waals surface area contributed by atoms with Crippen LogP contribution in [0.1, 0.15) is 6.92 Å². The molecular weight excluding hydrogens is 282 g/mol. The van der Waals surface area contributed by atoms with Gasteiger partial charge in [0.2, 0.25) is 5.95 Å². The van der Waals surface area contributed by atoms with Crippen LogP contribution in [0.4, 0.5) is 11.6 Å². The van der Waals surface area contributed by atoms with Crippen molar-refractivity contribution in [1.29, 1.82) is 0 Å². The number of aromatic nitrogens is 2. The fourth-order valence-corrected chi connectivity index (χ4v) is 1.83. The number of anilines is 2. The van der Waals surface area contributed by atoms with Crippen LogP contribution < -0.4 is 10.9 Å². The smallest absolute Gasteiger partial charge is 0.269 e. The van der Waals surface area contributed by atoms with E-state index in [9.17, 15) is 4.79 Å². The lowest BCUT2D eigenvalue weighted by molar-refractivity contribution is 0.714. The number of benzene rings is 1. The van der Waals surface area contributed by atoms with Crippen molar-refractivity contribution in [3.05, 3.63) is 51.4 Å². The molecule has 0 amide bonds. The lowest BCUT2D eigenvalue weighted by atomic mass is 10.3. The zero-order valence-electron chi connectivity index (χ0n) is 9.35. The second-order valence-electron chi connectivity index (χ2n) is 3.47. The Morgan fingerprint density at radius 1 is 1.35 bits per heavy atom. The average molecular weight is 294 g/mol. The predicted molar refractivity (Wildman–Crippen MR) is 71.6 cm³/mol. The van der Waals surface area contributed by atoms with Crippen molar-refractivity contribution in [1.82, 2.24) is 9.55 Å². The van der Waals surface area contributed by atoms with Crippen molar-refractivity contribution in [2.45, 2.75) is 13.5 Å². The SMILES string of the molecule is CCn1c(Nc2ccccc2)ncc(Br)c1=O. The second kappa shape index (κ2) is 5.14. The summed E-state index contributed by atoms with van der Waals surface area (Å²) in [6.45, 7) is 2.48. The number of halogens is 1. The summed E-state index contributed by atoms with van der Waals surface area (Å²) in [6, 6.07) is 9.64. The molecule has 0 spiro atoms. The molecule has 4 nitrogen and oxygen atoms in total. The molecule has 1 heterocycles. The standard InChI is InChI=1S/C12H12BrN3O/c1-2-16-11(17)10(13)8-14-12(16)15-9-6-4-3-5-7-9/h3-8H,2H2,1H3,(H,14,15). The Balaban J connectivity index is 2.40. The molecule has 1 N–H and O–H groups in total. The lowest BCUT2D eigenvalue weighted by Crippen LogP contribution is -2.23. The maximum Gasteiger partial charge on any atom is 0.269 e. The Morgan fingerprint density at radius 3 is 2.71 bits per heavy atom. The molecule has 0 atom stereocenters. The van der Waals surface area contributed by atoms with Gasteiger partial charge in [-0.15, -0.1) is 0 Å². The Labute approximate surface area is 107 Å². The molecule has 0 radical (unpaired) electrons. The van der Waals surface area contributed by atoms with E-state index in [0.717, 1.165) is 5.69 Å². The zero-order chi connectivity index (χ0) is 12.3. The normalized spacial score (nSPS) is 10.2. The monoisotopic (exact) mass is 293 g/mol. The van der Waals surface area contributed by atoms with Crippen LogP contribution in [0.2, 0.25) is 0 Å². The molecule has 0 aliphatic carbocycles. The minimum atomic E-state index is -0.0825. The summed E-state index contributed by atoms with van der Waals surface area (Å²) in [5.41, 5.74) is 0.824. The topological polar surface area (TPSA) is 46.9 Å². The van der Waals surface area contributed by atoms with Crippen LogP contribution in [-0.4, -0.2) is 9.55 Å². The van der Waals surface area contributed by atoms with Gasteiger partial charge in [0.25, 0.3) is 5.56 Å². The Bertz CT molecular complexity index is 566. The first-order chi connectivity index (χ1) is 8.22. The van der Waals surface area contributed by atoms with Crippen molar-refractivity contribution < 1.29 is 0 Å². The lowest BCUT2D eigenvalue weighted by Gasteiger charge is -2.11. The first kappa shape index (κ1) is 11.9. The predicted octanol–water partition coefficient (Wildman–Crippen LogP) is 2.77. The van der Waals surface area contributed by atoms with Gasteiger partial charge in [0.05, 0.1) is 6.20 Å². The Morgan fingerprint density at radius 2 is 2.06 bits per heavy atom. The van der Waals surface area contributed by atoms with E-state index in [1.54, 1.807) is 4.57 Å². The molecule has 0 aliphatic heterocycles. The highest BCUT2D eigenvalue weighted by Gasteiger charge is 2.06. The van der Waals surface area contributed by atoms with Gasteiger partial charge in [0, 0.05) is 12.2 Å². The molecule has 17 heavy (non-hydrogen) atoms. The minimum Gasteiger partial charge on any atom is -0.326 e. The van der Waals surface area contributed by atoms with Gasteiger partial charge >= 0.3 is 0 Å². The van der Waals surface area contributed by atoms with E-state index in [2.05, 4.69) is 26.2 Å². The van der Waals surface area contributed by atoms with Crippen molar-refractivity contribution >= 4 is 27.6 Å². The quantitative estimate of drug-likeness (QED) is 0.947. The fraction of sp³-hybridized carbons (Fsp3) is 0.167. The third-order valence-corrected chi connectivity index (χ3v) is 2.90. The van der Waals surface area contributed by atoms with Crippen molar-refractivity contribution in [2.24, 2.45) is 0 Å². The highest BCUT2D eigenvalue weighted by molar-refractivity contribution is 9.10. The van der Waals surface area contributed by atoms with E-state index in [0.29, 0.717) is 17.0 Å². The number of nitrogens with zero attached hydrogens (tertiary/aromatic N) is 2. The summed E-state index contributed by atoms with van der Waals surface area (Å²) in [5.74, 6) is 0.548. The van der Waals surface area contributed by atoms with E-state index in [1.807, 2.05) is 37.3 Å². The van der Waals surface area contributed by atoms with E-state index >= 15 is 0 Å². The second-order valence-corrected chi connectivity index (χ2v) is 4.32. The summed E-state index contributed by atoms with van der Waals surface area (Å²) in [6.07, 6.45) is 1.51. The fourth-order valence-electron chi connectivity index (χ4n) is 1.51. The molecular formula is C12H12BrN3O. The van der Waals surface area contributed by atoms with Crippen LogP contribution in [0.3, 0.4) is 0 Å². The number of hydrogen-bond donors (Lipinski definition) is 1. The molecule has 0 fully saturated rings. The Hall–Kier alpha value is -1.62. The minimum absolute atomic E-state index is 0.0825. The maximum absolute atomic E-state index is 11.8. The van der Waals surface area contributed by atoms with Crippen LogP contribution in [0, 0.1) is 0 Å². The van der Waals surface area contributed by atoms with Gasteiger partial charge in [0.1, 0.15) is 4.47 Å². The van der Waals surface area contributed by atoms with Gasteiger partial charge in [-0.2, -0.15) is 0 Å².